The number of hydrogen-bond donors (Lipinski definition) is 7. The molecule has 0 aliphatic carbocycles. The van der Waals surface area contributed by atoms with E-state index >= 15 is 0 Å². The molecule has 7 nitrogen and oxygen atoms in total. The smallest absolute Gasteiger partial charge is 0.0805 e. The summed E-state index contributed by atoms with van der Waals surface area (Å²) in [6, 6.07) is 3.42. The standard InChI is InChI=1S/C15H23N7/c1-6-8(9(16)5-11(18)12(6)19)3-2-7-4-10(17)14(21)15(22)13(7)20/h4-5H,2-3,16-22H2,1H3. The average molecular weight is 301 g/mol. The van der Waals surface area contributed by atoms with Crippen LogP contribution >= 0.6 is 0 Å². The van der Waals surface area contributed by atoms with E-state index in [-0.39, 0.29) is 0 Å². The molecule has 0 saturated carbocycles. The molecule has 0 radical (unpaired) electrons. The number of anilines is 7. The van der Waals surface area contributed by atoms with Crippen LogP contribution < -0.4 is 40.1 Å². The molecule has 0 amide bonds. The van der Waals surface area contributed by atoms with Crippen LogP contribution in [0.4, 0.5) is 39.8 Å². The van der Waals surface area contributed by atoms with Crippen molar-refractivity contribution in [3.05, 3.63) is 28.8 Å². The number of nitrogens with two attached hydrogens (primary N) is 7. The van der Waals surface area contributed by atoms with Gasteiger partial charge in [-0.2, -0.15) is 0 Å². The van der Waals surface area contributed by atoms with E-state index in [1.54, 1.807) is 12.1 Å². The molecule has 0 atom stereocenters. The second-order valence-electron chi connectivity index (χ2n) is 5.44. The highest BCUT2D eigenvalue weighted by Crippen LogP contribution is 2.34. The van der Waals surface area contributed by atoms with Crippen molar-refractivity contribution in [1.82, 2.24) is 0 Å². The third-order valence-corrected chi connectivity index (χ3v) is 4.04. The highest BCUT2D eigenvalue weighted by Gasteiger charge is 2.13. The molecule has 0 aromatic heterocycles. The van der Waals surface area contributed by atoms with Gasteiger partial charge in [0.25, 0.3) is 0 Å². The third kappa shape index (κ3) is 2.48. The van der Waals surface area contributed by atoms with E-state index < -0.39 is 0 Å². The van der Waals surface area contributed by atoms with Gasteiger partial charge in [0.2, 0.25) is 0 Å². The molecule has 2 aromatic carbocycles. The molecule has 0 aliphatic heterocycles. The normalized spacial score (nSPS) is 10.8. The van der Waals surface area contributed by atoms with Gasteiger partial charge in [0, 0.05) is 5.69 Å². The first-order valence-electron chi connectivity index (χ1n) is 6.88. The van der Waals surface area contributed by atoms with Crippen LogP contribution in [0.25, 0.3) is 0 Å². The fraction of sp³-hybridized carbons (Fsp3) is 0.200. The Kier molecular flexibility index (Phi) is 3.81. The molecule has 0 bridgehead atoms. The zero-order chi connectivity index (χ0) is 16.6. The number of aryl methyl sites for hydroxylation is 1. The molecule has 7 heteroatoms. The number of benzene rings is 2. The van der Waals surface area contributed by atoms with Crippen LogP contribution in [0.15, 0.2) is 12.1 Å². The zero-order valence-corrected chi connectivity index (χ0v) is 12.6. The summed E-state index contributed by atoms with van der Waals surface area (Å²) < 4.78 is 0. The lowest BCUT2D eigenvalue weighted by molar-refractivity contribution is 0.957. The van der Waals surface area contributed by atoms with Gasteiger partial charge < -0.3 is 40.1 Å². The van der Waals surface area contributed by atoms with E-state index in [0.29, 0.717) is 52.7 Å². The minimum atomic E-state index is 0.314. The van der Waals surface area contributed by atoms with Crippen molar-refractivity contribution < 1.29 is 0 Å². The Balaban J connectivity index is 2.34. The van der Waals surface area contributed by atoms with Crippen molar-refractivity contribution in [2.75, 3.05) is 40.1 Å². The van der Waals surface area contributed by atoms with Crippen molar-refractivity contribution in [2.45, 2.75) is 19.8 Å². The highest BCUT2D eigenvalue weighted by atomic mass is 14.8. The summed E-state index contributed by atoms with van der Waals surface area (Å²) in [4.78, 5) is 0. The number of rotatable bonds is 3. The Morgan fingerprint density at radius 2 is 1.23 bits per heavy atom. The van der Waals surface area contributed by atoms with Crippen molar-refractivity contribution in [3.8, 4) is 0 Å². The monoisotopic (exact) mass is 301 g/mol. The lowest BCUT2D eigenvalue weighted by Crippen LogP contribution is -2.09. The predicted molar refractivity (Wildman–Crippen MR) is 95.9 cm³/mol. The van der Waals surface area contributed by atoms with Gasteiger partial charge in [0.1, 0.15) is 0 Å². The Morgan fingerprint density at radius 1 is 0.636 bits per heavy atom. The minimum absolute atomic E-state index is 0.314. The van der Waals surface area contributed by atoms with E-state index in [2.05, 4.69) is 0 Å². The van der Waals surface area contributed by atoms with Crippen LogP contribution in [-0.2, 0) is 12.8 Å². The van der Waals surface area contributed by atoms with E-state index in [4.69, 9.17) is 40.1 Å². The summed E-state index contributed by atoms with van der Waals surface area (Å²) in [5, 5.41) is 0. The fourth-order valence-corrected chi connectivity index (χ4v) is 2.54. The van der Waals surface area contributed by atoms with E-state index in [1.807, 2.05) is 6.92 Å². The van der Waals surface area contributed by atoms with Crippen LogP contribution in [0.5, 0.6) is 0 Å². The molecule has 0 aliphatic rings. The molecule has 0 heterocycles. The summed E-state index contributed by atoms with van der Waals surface area (Å²) in [5.41, 5.74) is 47.1. The van der Waals surface area contributed by atoms with Gasteiger partial charge in [-0.3, -0.25) is 0 Å². The summed E-state index contributed by atoms with van der Waals surface area (Å²) in [6.45, 7) is 1.90. The molecule has 0 saturated heterocycles. The van der Waals surface area contributed by atoms with Crippen molar-refractivity contribution in [2.24, 2.45) is 0 Å². The topological polar surface area (TPSA) is 182 Å². The van der Waals surface area contributed by atoms with E-state index in [1.165, 1.54) is 0 Å². The largest absolute Gasteiger partial charge is 0.398 e. The lowest BCUT2D eigenvalue weighted by atomic mass is 9.95. The lowest BCUT2D eigenvalue weighted by Gasteiger charge is -2.16. The van der Waals surface area contributed by atoms with Crippen LogP contribution in [0, 0.1) is 6.92 Å². The predicted octanol–water partition coefficient (Wildman–Crippen LogP) is 0.856. The minimum Gasteiger partial charge on any atom is -0.398 e. The summed E-state index contributed by atoms with van der Waals surface area (Å²) >= 11 is 0. The molecular weight excluding hydrogens is 278 g/mol. The molecule has 0 spiro atoms. The maximum Gasteiger partial charge on any atom is 0.0805 e. The Labute approximate surface area is 129 Å². The van der Waals surface area contributed by atoms with Crippen LogP contribution in [0.2, 0.25) is 0 Å². The second-order valence-corrected chi connectivity index (χ2v) is 5.44. The molecule has 0 fully saturated rings. The van der Waals surface area contributed by atoms with Gasteiger partial charge in [-0.1, -0.05) is 0 Å². The quantitative estimate of drug-likeness (QED) is 0.410. The maximum atomic E-state index is 6.04. The first kappa shape index (κ1) is 15.4. The summed E-state index contributed by atoms with van der Waals surface area (Å²) in [6.07, 6.45) is 1.27. The van der Waals surface area contributed by atoms with Crippen LogP contribution in [0.1, 0.15) is 16.7 Å². The van der Waals surface area contributed by atoms with Gasteiger partial charge in [0.15, 0.2) is 0 Å². The van der Waals surface area contributed by atoms with Gasteiger partial charge in [-0.25, -0.2) is 0 Å². The van der Waals surface area contributed by atoms with Crippen LogP contribution in [0.3, 0.4) is 0 Å². The van der Waals surface area contributed by atoms with Gasteiger partial charge >= 0.3 is 0 Å². The molecule has 22 heavy (non-hydrogen) atoms. The second kappa shape index (κ2) is 5.44. The van der Waals surface area contributed by atoms with Gasteiger partial charge in [-0.15, -0.1) is 0 Å². The van der Waals surface area contributed by atoms with Crippen molar-refractivity contribution in [3.63, 3.8) is 0 Å². The SMILES string of the molecule is Cc1c(N)c(N)cc(N)c1CCc1cc(N)c(N)c(N)c1N. The fourth-order valence-electron chi connectivity index (χ4n) is 2.54. The molecular formula is C15H23N7. The molecule has 2 aromatic rings. The van der Waals surface area contributed by atoms with Crippen molar-refractivity contribution in [1.29, 1.82) is 0 Å². The van der Waals surface area contributed by atoms with E-state index in [9.17, 15) is 0 Å². The Hall–Kier alpha value is -2.96. The van der Waals surface area contributed by atoms with Crippen LogP contribution in [-0.4, -0.2) is 0 Å². The molecule has 2 rings (SSSR count). The average Bonchev–Trinajstić information content (AvgIpc) is 2.47. The highest BCUT2D eigenvalue weighted by molar-refractivity contribution is 5.88. The Morgan fingerprint density at radius 3 is 1.86 bits per heavy atom. The Bertz CT molecular complexity index is 738. The maximum absolute atomic E-state index is 6.04. The molecule has 118 valence electrons. The number of hydrogen-bond acceptors (Lipinski definition) is 7. The number of nitrogen functional groups attached to an aromatic ring is 7. The van der Waals surface area contributed by atoms with Crippen molar-refractivity contribution >= 4 is 39.8 Å². The third-order valence-electron chi connectivity index (χ3n) is 4.04. The first-order chi connectivity index (χ1) is 10.2. The summed E-state index contributed by atoms with van der Waals surface area (Å²) in [7, 11) is 0. The first-order valence-corrected chi connectivity index (χ1v) is 6.88. The van der Waals surface area contributed by atoms with Gasteiger partial charge in [0.05, 0.1) is 34.1 Å². The van der Waals surface area contributed by atoms with Gasteiger partial charge in [-0.05, 0) is 48.6 Å². The van der Waals surface area contributed by atoms with E-state index in [0.717, 1.165) is 16.7 Å². The zero-order valence-electron chi connectivity index (χ0n) is 12.6. The molecule has 0 unspecified atom stereocenters. The summed E-state index contributed by atoms with van der Waals surface area (Å²) in [5.74, 6) is 0. The molecule has 14 N–H and O–H groups in total.